The summed E-state index contributed by atoms with van der Waals surface area (Å²) in [5, 5.41) is 0. The van der Waals surface area contributed by atoms with Gasteiger partial charge in [-0.3, -0.25) is 0 Å². The number of carbonyl (C=O) groups is 1. The van der Waals surface area contributed by atoms with Crippen molar-refractivity contribution in [1.29, 1.82) is 0 Å². The van der Waals surface area contributed by atoms with Crippen LogP contribution in [0.4, 0.5) is 5.69 Å². The molecule has 1 atom stereocenters. The Labute approximate surface area is 135 Å². The first-order chi connectivity index (χ1) is 11.3. The molecule has 0 amide bonds. The molecule has 0 saturated carbocycles. The fourth-order valence-electron chi connectivity index (χ4n) is 2.81. The summed E-state index contributed by atoms with van der Waals surface area (Å²) in [7, 11) is 1.58. The molecule has 2 aromatic rings. The van der Waals surface area contributed by atoms with Crippen molar-refractivity contribution in [3.05, 3.63) is 54.0 Å². The molecule has 5 heteroatoms. The van der Waals surface area contributed by atoms with E-state index >= 15 is 0 Å². The quantitative estimate of drug-likeness (QED) is 0.767. The highest BCUT2D eigenvalue weighted by molar-refractivity contribution is 5.86. The summed E-state index contributed by atoms with van der Waals surface area (Å²) >= 11 is 0. The van der Waals surface area contributed by atoms with E-state index in [0.717, 1.165) is 19.5 Å². The van der Waals surface area contributed by atoms with Crippen molar-refractivity contribution >= 4 is 11.7 Å². The number of hydrogen-bond acceptors (Lipinski definition) is 5. The first-order valence-electron chi connectivity index (χ1n) is 7.81. The van der Waals surface area contributed by atoms with Gasteiger partial charge in [0, 0.05) is 31.8 Å². The summed E-state index contributed by atoms with van der Waals surface area (Å²) in [5.74, 6) is 0.795. The Kier molecular flexibility index (Phi) is 4.98. The number of para-hydroxylation sites is 1. The standard InChI is InChI=1S/C18H21NO4/c1-21-13-16-7-8-17(23-16)18(20)22-12-14-9-10-19(11-14)15-5-3-2-4-6-15/h2-8,14H,9-13H2,1H3/t14-/m1/s1. The number of anilines is 1. The molecule has 1 aromatic carbocycles. The van der Waals surface area contributed by atoms with E-state index in [-0.39, 0.29) is 5.76 Å². The lowest BCUT2D eigenvalue weighted by Gasteiger charge is -2.18. The van der Waals surface area contributed by atoms with Gasteiger partial charge < -0.3 is 18.8 Å². The molecule has 122 valence electrons. The van der Waals surface area contributed by atoms with Crippen LogP contribution in [0.25, 0.3) is 0 Å². The normalized spacial score (nSPS) is 17.4. The molecule has 0 unspecified atom stereocenters. The molecule has 0 spiro atoms. The molecule has 0 radical (unpaired) electrons. The van der Waals surface area contributed by atoms with Crippen molar-refractivity contribution in [3.8, 4) is 0 Å². The Morgan fingerprint density at radius 2 is 2.09 bits per heavy atom. The summed E-state index contributed by atoms with van der Waals surface area (Å²) in [6.07, 6.45) is 1.02. The second-order valence-electron chi connectivity index (χ2n) is 5.73. The second kappa shape index (κ2) is 7.33. The van der Waals surface area contributed by atoms with E-state index in [0.29, 0.717) is 24.9 Å². The molecule has 1 aliphatic rings. The van der Waals surface area contributed by atoms with Crippen LogP contribution in [0, 0.1) is 5.92 Å². The average Bonchev–Trinajstić information content (AvgIpc) is 3.23. The van der Waals surface area contributed by atoms with Gasteiger partial charge in [0.2, 0.25) is 5.76 Å². The molecule has 1 aliphatic heterocycles. The zero-order valence-electron chi connectivity index (χ0n) is 13.2. The van der Waals surface area contributed by atoms with Gasteiger partial charge in [0.15, 0.2) is 0 Å². The van der Waals surface area contributed by atoms with E-state index < -0.39 is 5.97 Å². The van der Waals surface area contributed by atoms with E-state index in [1.165, 1.54) is 5.69 Å². The zero-order valence-corrected chi connectivity index (χ0v) is 13.2. The summed E-state index contributed by atoms with van der Waals surface area (Å²) in [6.45, 7) is 2.67. The molecule has 1 saturated heterocycles. The minimum atomic E-state index is -0.412. The van der Waals surface area contributed by atoms with Crippen molar-refractivity contribution in [1.82, 2.24) is 0 Å². The van der Waals surface area contributed by atoms with Crippen LogP contribution in [0.15, 0.2) is 46.9 Å². The van der Waals surface area contributed by atoms with Crippen LogP contribution in [0.3, 0.4) is 0 Å². The molecule has 1 aromatic heterocycles. The second-order valence-corrected chi connectivity index (χ2v) is 5.73. The third-order valence-electron chi connectivity index (χ3n) is 4.01. The average molecular weight is 315 g/mol. The first-order valence-corrected chi connectivity index (χ1v) is 7.81. The van der Waals surface area contributed by atoms with Crippen LogP contribution >= 0.6 is 0 Å². The molecular weight excluding hydrogens is 294 g/mol. The molecule has 5 nitrogen and oxygen atoms in total. The van der Waals surface area contributed by atoms with Gasteiger partial charge in [-0.15, -0.1) is 0 Å². The lowest BCUT2D eigenvalue weighted by molar-refractivity contribution is 0.0409. The third-order valence-corrected chi connectivity index (χ3v) is 4.01. The van der Waals surface area contributed by atoms with Gasteiger partial charge >= 0.3 is 5.97 Å². The van der Waals surface area contributed by atoms with E-state index in [1.807, 2.05) is 18.2 Å². The Balaban J connectivity index is 1.48. The van der Waals surface area contributed by atoms with Gasteiger partial charge in [0.25, 0.3) is 0 Å². The van der Waals surface area contributed by atoms with Crippen LogP contribution in [0.5, 0.6) is 0 Å². The molecule has 0 aliphatic carbocycles. The highest BCUT2D eigenvalue weighted by Gasteiger charge is 2.24. The topological polar surface area (TPSA) is 51.9 Å². The SMILES string of the molecule is COCc1ccc(C(=O)OC[C@@H]2CCN(c3ccccc3)C2)o1. The van der Waals surface area contributed by atoms with Crippen LogP contribution in [0.2, 0.25) is 0 Å². The number of rotatable bonds is 6. The maximum Gasteiger partial charge on any atom is 0.374 e. The van der Waals surface area contributed by atoms with Gasteiger partial charge in [-0.2, -0.15) is 0 Å². The maximum absolute atomic E-state index is 12.0. The Morgan fingerprint density at radius 3 is 2.87 bits per heavy atom. The minimum absolute atomic E-state index is 0.231. The summed E-state index contributed by atoms with van der Waals surface area (Å²) in [6, 6.07) is 13.7. The van der Waals surface area contributed by atoms with Crippen molar-refractivity contribution < 1.29 is 18.7 Å². The van der Waals surface area contributed by atoms with E-state index in [4.69, 9.17) is 13.9 Å². The van der Waals surface area contributed by atoms with Gasteiger partial charge in [0.05, 0.1) is 6.61 Å². The summed E-state index contributed by atoms with van der Waals surface area (Å²) in [4.78, 5) is 14.3. The smallest absolute Gasteiger partial charge is 0.374 e. The lowest BCUT2D eigenvalue weighted by Crippen LogP contribution is -2.21. The highest BCUT2D eigenvalue weighted by Crippen LogP contribution is 2.24. The van der Waals surface area contributed by atoms with E-state index in [1.54, 1.807) is 19.2 Å². The van der Waals surface area contributed by atoms with Gasteiger partial charge in [-0.05, 0) is 30.7 Å². The number of ether oxygens (including phenoxy) is 2. The zero-order chi connectivity index (χ0) is 16.1. The van der Waals surface area contributed by atoms with Crippen molar-refractivity contribution in [3.63, 3.8) is 0 Å². The maximum atomic E-state index is 12.0. The van der Waals surface area contributed by atoms with E-state index in [2.05, 4.69) is 17.0 Å². The van der Waals surface area contributed by atoms with E-state index in [9.17, 15) is 4.79 Å². The van der Waals surface area contributed by atoms with Crippen molar-refractivity contribution in [2.45, 2.75) is 13.0 Å². The first kappa shape index (κ1) is 15.6. The van der Waals surface area contributed by atoms with Crippen LogP contribution in [-0.4, -0.2) is 32.8 Å². The number of esters is 1. The molecule has 23 heavy (non-hydrogen) atoms. The molecule has 0 bridgehead atoms. The number of hydrogen-bond donors (Lipinski definition) is 0. The number of benzene rings is 1. The number of furan rings is 1. The predicted molar refractivity (Wildman–Crippen MR) is 86.5 cm³/mol. The Morgan fingerprint density at radius 1 is 1.26 bits per heavy atom. The monoisotopic (exact) mass is 315 g/mol. The molecular formula is C18H21NO4. The van der Waals surface area contributed by atoms with Gasteiger partial charge in [-0.25, -0.2) is 4.79 Å². The molecule has 3 rings (SSSR count). The Bertz CT molecular complexity index is 637. The largest absolute Gasteiger partial charge is 0.459 e. The molecule has 0 N–H and O–H groups in total. The van der Waals surface area contributed by atoms with Crippen molar-refractivity contribution in [2.75, 3.05) is 31.7 Å². The van der Waals surface area contributed by atoms with Crippen LogP contribution < -0.4 is 4.90 Å². The predicted octanol–water partition coefficient (Wildman–Crippen LogP) is 3.11. The summed E-state index contributed by atoms with van der Waals surface area (Å²) in [5.41, 5.74) is 1.22. The highest BCUT2D eigenvalue weighted by atomic mass is 16.5. The summed E-state index contributed by atoms with van der Waals surface area (Å²) < 4.78 is 15.7. The van der Waals surface area contributed by atoms with Gasteiger partial charge in [0.1, 0.15) is 12.4 Å². The molecule has 2 heterocycles. The number of nitrogens with zero attached hydrogens (tertiary/aromatic N) is 1. The number of methoxy groups -OCH3 is 1. The van der Waals surface area contributed by atoms with Crippen molar-refractivity contribution in [2.24, 2.45) is 5.92 Å². The fourth-order valence-corrected chi connectivity index (χ4v) is 2.81. The van der Waals surface area contributed by atoms with Gasteiger partial charge in [-0.1, -0.05) is 18.2 Å². The third kappa shape index (κ3) is 3.93. The Hall–Kier alpha value is -2.27. The number of carbonyl (C=O) groups excluding carboxylic acids is 1. The molecule has 1 fully saturated rings. The van der Waals surface area contributed by atoms with Crippen LogP contribution in [-0.2, 0) is 16.1 Å². The lowest BCUT2D eigenvalue weighted by atomic mass is 10.1. The fraction of sp³-hybridized carbons (Fsp3) is 0.389. The minimum Gasteiger partial charge on any atom is -0.459 e. The van der Waals surface area contributed by atoms with Crippen LogP contribution in [0.1, 0.15) is 22.7 Å².